The molecular weight excluding hydrogens is 587 g/mol. The second-order valence-corrected chi connectivity index (χ2v) is 10.9. The van der Waals surface area contributed by atoms with Crippen molar-refractivity contribution in [2.24, 2.45) is 0 Å². The highest BCUT2D eigenvalue weighted by molar-refractivity contribution is 7.80. The van der Waals surface area contributed by atoms with Crippen molar-refractivity contribution in [2.45, 2.75) is 9.96 Å². The summed E-state index contributed by atoms with van der Waals surface area (Å²) < 4.78 is 8.53. The molecule has 0 saturated carbocycles. The number of rotatable bonds is 8. The molecule has 4 rings (SSSR count). The van der Waals surface area contributed by atoms with Crippen LogP contribution >= 0.6 is 47.0 Å². The van der Waals surface area contributed by atoms with Gasteiger partial charge in [-0.2, -0.15) is 0 Å². The van der Waals surface area contributed by atoms with Gasteiger partial charge in [0.25, 0.3) is 17.7 Å². The molecule has 0 bridgehead atoms. The van der Waals surface area contributed by atoms with E-state index in [2.05, 4.69) is 16.0 Å². The summed E-state index contributed by atoms with van der Waals surface area (Å²) in [6, 6.07) is 19.8. The number of carbonyl (C=O) groups excluding carboxylic acids is 3. The lowest BCUT2D eigenvalue weighted by Gasteiger charge is -2.28. The molecule has 1 aliphatic rings. The lowest BCUT2D eigenvalue weighted by molar-refractivity contribution is -0.123. The second kappa shape index (κ2) is 12.1. The number of para-hydroxylation sites is 2. The van der Waals surface area contributed by atoms with Gasteiger partial charge in [-0.15, -0.1) is 0 Å². The zero-order valence-electron chi connectivity index (χ0n) is 20.2. The number of benzene rings is 3. The fraction of sp³-hybridized carbons (Fsp3) is 0.154. The molecule has 39 heavy (non-hydrogen) atoms. The van der Waals surface area contributed by atoms with Crippen molar-refractivity contribution >= 4 is 81.2 Å². The number of fused-ring (bicyclic) bond motifs is 1. The molecule has 0 aliphatic carbocycles. The number of hydrogen-bond acceptors (Lipinski definition) is 6. The number of imide groups is 1. The molecule has 0 fully saturated rings. The van der Waals surface area contributed by atoms with Gasteiger partial charge in [-0.25, -0.2) is 4.90 Å². The molecule has 202 valence electrons. The number of thiocarbonyl (C=S) groups is 1. The first kappa shape index (κ1) is 28.4. The predicted molar refractivity (Wildman–Crippen MR) is 154 cm³/mol. The Morgan fingerprint density at radius 3 is 2.05 bits per heavy atom. The molecule has 0 radical (unpaired) electrons. The molecule has 9 nitrogen and oxygen atoms in total. The maximum absolute atomic E-state index is 13.0. The highest BCUT2D eigenvalue weighted by atomic mass is 35.6. The lowest BCUT2D eigenvalue weighted by Crippen LogP contribution is -2.57. The second-order valence-electron chi connectivity index (χ2n) is 8.11. The van der Waals surface area contributed by atoms with Crippen LogP contribution in [-0.4, -0.2) is 46.5 Å². The zero-order chi connectivity index (χ0) is 28.2. The third kappa shape index (κ3) is 6.72. The van der Waals surface area contributed by atoms with Crippen molar-refractivity contribution in [3.8, 4) is 11.5 Å². The molecule has 13 heteroatoms. The first-order valence-corrected chi connectivity index (χ1v) is 12.9. The summed E-state index contributed by atoms with van der Waals surface area (Å²) >= 11 is 23.6. The Labute approximate surface area is 244 Å². The number of nitrogens with zero attached hydrogens (tertiary/aromatic N) is 1. The number of methoxy groups -OCH3 is 1. The zero-order valence-corrected chi connectivity index (χ0v) is 23.3. The van der Waals surface area contributed by atoms with Crippen LogP contribution < -0.4 is 30.3 Å². The van der Waals surface area contributed by atoms with Gasteiger partial charge in [0.05, 0.1) is 29.6 Å². The van der Waals surface area contributed by atoms with Crippen LogP contribution in [0.25, 0.3) is 0 Å². The van der Waals surface area contributed by atoms with E-state index in [0.717, 1.165) is 4.90 Å². The Balaban J connectivity index is 1.42. The fourth-order valence-corrected chi connectivity index (χ4v) is 4.25. The maximum Gasteiger partial charge on any atom is 0.266 e. The fourth-order valence-electron chi connectivity index (χ4n) is 3.70. The third-order valence-electron chi connectivity index (χ3n) is 5.52. The summed E-state index contributed by atoms with van der Waals surface area (Å²) in [7, 11) is 1.54. The summed E-state index contributed by atoms with van der Waals surface area (Å²) in [6.45, 7) is -0.367. The van der Waals surface area contributed by atoms with Gasteiger partial charge in [-0.1, -0.05) is 59.1 Å². The summed E-state index contributed by atoms with van der Waals surface area (Å²) in [6.07, 6.45) is -1.26. The standard InChI is InChI=1S/C26H21Cl3N4O5S/c1-37-15-10-12-16(13-11-15)38-14-21(34)31-24(26(27,28)29)32-25(39)30-19-8-4-5-9-20(19)33-22(35)17-6-2-3-7-18(17)23(33)36/h2-13,24H,14H2,1H3,(H,31,34)(H2,30,32,39). The Morgan fingerprint density at radius 1 is 0.897 bits per heavy atom. The van der Waals surface area contributed by atoms with Crippen molar-refractivity contribution in [2.75, 3.05) is 23.9 Å². The number of anilines is 2. The summed E-state index contributed by atoms with van der Waals surface area (Å²) in [5.74, 6) is -0.452. The number of alkyl halides is 3. The van der Waals surface area contributed by atoms with Crippen molar-refractivity contribution in [3.05, 3.63) is 83.9 Å². The molecule has 1 atom stereocenters. The van der Waals surface area contributed by atoms with E-state index in [4.69, 9.17) is 56.5 Å². The third-order valence-corrected chi connectivity index (χ3v) is 6.40. The van der Waals surface area contributed by atoms with Crippen LogP contribution in [0.15, 0.2) is 72.8 Å². The Kier molecular flexibility index (Phi) is 8.81. The predicted octanol–water partition coefficient (Wildman–Crippen LogP) is 4.67. The van der Waals surface area contributed by atoms with Gasteiger partial charge in [0, 0.05) is 0 Å². The molecule has 0 saturated heterocycles. The van der Waals surface area contributed by atoms with Crippen LogP contribution in [0.4, 0.5) is 11.4 Å². The molecule has 1 heterocycles. The minimum Gasteiger partial charge on any atom is -0.497 e. The largest absolute Gasteiger partial charge is 0.497 e. The maximum atomic E-state index is 13.0. The first-order valence-electron chi connectivity index (χ1n) is 11.4. The highest BCUT2D eigenvalue weighted by Crippen LogP contribution is 2.34. The number of amides is 3. The molecule has 3 aromatic carbocycles. The molecular formula is C26H21Cl3N4O5S. The van der Waals surface area contributed by atoms with Crippen LogP contribution in [0.5, 0.6) is 11.5 Å². The van der Waals surface area contributed by atoms with Crippen molar-refractivity contribution in [1.29, 1.82) is 0 Å². The number of carbonyl (C=O) groups is 3. The SMILES string of the molecule is COc1ccc(OCC(=O)NC(NC(=S)Nc2ccccc2N2C(=O)c3ccccc3C2=O)C(Cl)(Cl)Cl)cc1. The van der Waals surface area contributed by atoms with E-state index in [-0.39, 0.29) is 17.4 Å². The van der Waals surface area contributed by atoms with E-state index in [1.165, 1.54) is 7.11 Å². The van der Waals surface area contributed by atoms with E-state index >= 15 is 0 Å². The van der Waals surface area contributed by atoms with Crippen molar-refractivity contribution < 1.29 is 23.9 Å². The summed E-state index contributed by atoms with van der Waals surface area (Å²) in [5, 5.41) is 8.11. The van der Waals surface area contributed by atoms with Crippen LogP contribution in [-0.2, 0) is 4.79 Å². The van der Waals surface area contributed by atoms with Crippen LogP contribution in [0.3, 0.4) is 0 Å². The number of hydrogen-bond donors (Lipinski definition) is 3. The molecule has 0 spiro atoms. The quantitative estimate of drug-likeness (QED) is 0.147. The monoisotopic (exact) mass is 606 g/mol. The molecule has 3 amide bonds. The summed E-state index contributed by atoms with van der Waals surface area (Å²) in [4.78, 5) is 39.5. The molecule has 3 aromatic rings. The van der Waals surface area contributed by atoms with Gasteiger partial charge in [0.15, 0.2) is 11.7 Å². The molecule has 0 aromatic heterocycles. The van der Waals surface area contributed by atoms with Crippen molar-refractivity contribution in [3.63, 3.8) is 0 Å². The smallest absolute Gasteiger partial charge is 0.266 e. The van der Waals surface area contributed by atoms with E-state index in [1.54, 1.807) is 72.8 Å². The summed E-state index contributed by atoms with van der Waals surface area (Å²) in [5.41, 5.74) is 1.21. The van der Waals surface area contributed by atoms with Gasteiger partial charge in [-0.3, -0.25) is 14.4 Å². The van der Waals surface area contributed by atoms with Crippen molar-refractivity contribution in [1.82, 2.24) is 10.6 Å². The van der Waals surface area contributed by atoms with E-state index < -0.39 is 27.7 Å². The van der Waals surface area contributed by atoms with E-state index in [0.29, 0.717) is 28.3 Å². The minimum atomic E-state index is -2.01. The van der Waals surface area contributed by atoms with Gasteiger partial charge in [0.2, 0.25) is 3.79 Å². The average Bonchev–Trinajstić information content (AvgIpc) is 3.17. The Bertz CT molecular complexity index is 1380. The average molecular weight is 608 g/mol. The molecule has 3 N–H and O–H groups in total. The normalized spacial score (nSPS) is 13.4. The Morgan fingerprint density at radius 2 is 1.46 bits per heavy atom. The number of ether oxygens (including phenoxy) is 2. The van der Waals surface area contributed by atoms with Gasteiger partial charge in [-0.05, 0) is 60.7 Å². The molecule has 1 unspecified atom stereocenters. The van der Waals surface area contributed by atoms with E-state index in [1.807, 2.05) is 0 Å². The van der Waals surface area contributed by atoms with Gasteiger partial charge in [0.1, 0.15) is 17.7 Å². The number of nitrogens with one attached hydrogen (secondary N) is 3. The van der Waals surface area contributed by atoms with Crippen LogP contribution in [0.2, 0.25) is 0 Å². The Hall–Kier alpha value is -3.57. The molecule has 1 aliphatic heterocycles. The topological polar surface area (TPSA) is 109 Å². The van der Waals surface area contributed by atoms with Crippen LogP contribution in [0, 0.1) is 0 Å². The minimum absolute atomic E-state index is 0.0493. The van der Waals surface area contributed by atoms with Crippen LogP contribution in [0.1, 0.15) is 20.7 Å². The lowest BCUT2D eigenvalue weighted by atomic mass is 10.1. The van der Waals surface area contributed by atoms with Gasteiger partial charge < -0.3 is 25.4 Å². The first-order chi connectivity index (χ1) is 18.6. The van der Waals surface area contributed by atoms with Gasteiger partial charge >= 0.3 is 0 Å². The number of halogens is 3. The highest BCUT2D eigenvalue weighted by Gasteiger charge is 2.38. The van der Waals surface area contributed by atoms with E-state index in [9.17, 15) is 14.4 Å².